The van der Waals surface area contributed by atoms with Gasteiger partial charge in [0.05, 0.1) is 3.79 Å². The van der Waals surface area contributed by atoms with Crippen LogP contribution in [-0.4, -0.2) is 15.7 Å². The third-order valence-electron chi connectivity index (χ3n) is 3.01. The van der Waals surface area contributed by atoms with E-state index in [1.165, 1.54) is 16.5 Å². The van der Waals surface area contributed by atoms with Gasteiger partial charge >= 0.3 is 5.69 Å². The highest BCUT2D eigenvalue weighted by molar-refractivity contribution is 9.11. The zero-order valence-corrected chi connectivity index (χ0v) is 13.8. The van der Waals surface area contributed by atoms with Crippen molar-refractivity contribution in [1.82, 2.24) is 14.5 Å². The van der Waals surface area contributed by atoms with Crippen molar-refractivity contribution in [3.8, 4) is 0 Å². The monoisotopic (exact) mass is 357 g/mol. The van der Waals surface area contributed by atoms with Crippen molar-refractivity contribution in [2.24, 2.45) is 14.1 Å². The smallest absolute Gasteiger partial charge is 0.312 e. The van der Waals surface area contributed by atoms with E-state index in [9.17, 15) is 9.59 Å². The molecule has 0 saturated carbocycles. The lowest BCUT2D eigenvalue weighted by atomic mass is 10.3. The zero-order valence-electron chi connectivity index (χ0n) is 11.4. The van der Waals surface area contributed by atoms with Crippen molar-refractivity contribution in [2.75, 3.05) is 6.54 Å². The Morgan fingerprint density at radius 1 is 1.30 bits per heavy atom. The molecular formula is C13H16BrN3O2S. The molecule has 7 heteroatoms. The topological polar surface area (TPSA) is 56.0 Å². The maximum Gasteiger partial charge on any atom is 0.330 e. The van der Waals surface area contributed by atoms with Crippen LogP contribution in [-0.2, 0) is 27.1 Å². The van der Waals surface area contributed by atoms with Crippen LogP contribution in [0.15, 0.2) is 31.7 Å². The molecule has 1 N–H and O–H groups in total. The van der Waals surface area contributed by atoms with E-state index in [-0.39, 0.29) is 11.2 Å². The van der Waals surface area contributed by atoms with Crippen LogP contribution in [0, 0.1) is 0 Å². The van der Waals surface area contributed by atoms with E-state index in [1.807, 2.05) is 6.07 Å². The fourth-order valence-corrected chi connectivity index (χ4v) is 3.41. The molecule has 2 rings (SSSR count). The number of rotatable bonds is 5. The van der Waals surface area contributed by atoms with Crippen molar-refractivity contribution in [2.45, 2.75) is 13.0 Å². The highest BCUT2D eigenvalue weighted by Gasteiger charge is 2.06. The molecule has 0 radical (unpaired) electrons. The number of nitrogens with one attached hydrogen (secondary N) is 1. The van der Waals surface area contributed by atoms with Crippen LogP contribution >= 0.6 is 27.3 Å². The van der Waals surface area contributed by atoms with Crippen molar-refractivity contribution >= 4 is 27.3 Å². The molecular weight excluding hydrogens is 342 g/mol. The molecule has 0 spiro atoms. The summed E-state index contributed by atoms with van der Waals surface area (Å²) >= 11 is 5.14. The number of hydrogen-bond donors (Lipinski definition) is 1. The van der Waals surface area contributed by atoms with E-state index in [2.05, 4.69) is 27.3 Å². The van der Waals surface area contributed by atoms with E-state index >= 15 is 0 Å². The molecule has 108 valence electrons. The second-order valence-corrected chi connectivity index (χ2v) is 7.09. The van der Waals surface area contributed by atoms with E-state index in [4.69, 9.17) is 0 Å². The van der Waals surface area contributed by atoms with Gasteiger partial charge in [0.2, 0.25) is 0 Å². The van der Waals surface area contributed by atoms with Gasteiger partial charge < -0.3 is 9.88 Å². The van der Waals surface area contributed by atoms with Gasteiger partial charge in [0.25, 0.3) is 5.56 Å². The van der Waals surface area contributed by atoms with Crippen molar-refractivity contribution in [3.05, 3.63) is 53.4 Å². The van der Waals surface area contributed by atoms with Crippen LogP contribution in [0.4, 0.5) is 0 Å². The lowest BCUT2D eigenvalue weighted by molar-refractivity contribution is 0.631. The van der Waals surface area contributed by atoms with Gasteiger partial charge in [-0.2, -0.15) is 0 Å². The summed E-state index contributed by atoms with van der Waals surface area (Å²) in [6.45, 7) is 1.26. The van der Waals surface area contributed by atoms with Crippen molar-refractivity contribution in [1.29, 1.82) is 0 Å². The number of aromatic nitrogens is 2. The molecule has 0 fully saturated rings. The molecule has 0 amide bonds. The molecule has 0 aliphatic carbocycles. The second kappa shape index (κ2) is 6.51. The lowest BCUT2D eigenvalue weighted by Gasteiger charge is -2.07. The Balaban J connectivity index is 1.95. The Hall–Kier alpha value is -1.18. The minimum atomic E-state index is -0.304. The fourth-order valence-electron chi connectivity index (χ4n) is 1.93. The SMILES string of the molecule is Cn1cc(CNCCc2ccc(Br)s2)c(=O)n(C)c1=O. The number of thiophene rings is 1. The minimum absolute atomic E-state index is 0.237. The molecule has 0 bridgehead atoms. The summed E-state index contributed by atoms with van der Waals surface area (Å²) < 4.78 is 3.68. The predicted octanol–water partition coefficient (Wildman–Crippen LogP) is 1.24. The largest absolute Gasteiger partial charge is 0.330 e. The molecule has 0 unspecified atom stereocenters. The van der Waals surface area contributed by atoms with Crippen LogP contribution in [0.2, 0.25) is 0 Å². The van der Waals surface area contributed by atoms with Crippen LogP contribution in [0.3, 0.4) is 0 Å². The summed E-state index contributed by atoms with van der Waals surface area (Å²) in [4.78, 5) is 24.8. The maximum absolute atomic E-state index is 11.9. The van der Waals surface area contributed by atoms with Crippen LogP contribution in [0.25, 0.3) is 0 Å². The average Bonchev–Trinajstić information content (AvgIpc) is 2.83. The van der Waals surface area contributed by atoms with Crippen molar-refractivity contribution < 1.29 is 0 Å². The fraction of sp³-hybridized carbons (Fsp3) is 0.385. The first-order chi connectivity index (χ1) is 9.49. The molecule has 2 aromatic rings. The third kappa shape index (κ3) is 3.47. The summed E-state index contributed by atoms with van der Waals surface area (Å²) in [5.74, 6) is 0. The third-order valence-corrected chi connectivity index (χ3v) is 4.69. The van der Waals surface area contributed by atoms with Crippen LogP contribution in [0.5, 0.6) is 0 Å². The molecule has 0 aromatic carbocycles. The van der Waals surface area contributed by atoms with Gasteiger partial charge in [-0.15, -0.1) is 11.3 Å². The van der Waals surface area contributed by atoms with E-state index in [0.717, 1.165) is 21.3 Å². The Labute approximate surface area is 129 Å². The lowest BCUT2D eigenvalue weighted by Crippen LogP contribution is -2.39. The Bertz CT molecular complexity index is 717. The summed E-state index contributed by atoms with van der Waals surface area (Å²) in [6, 6.07) is 4.12. The Morgan fingerprint density at radius 2 is 2.05 bits per heavy atom. The quantitative estimate of drug-likeness (QED) is 0.819. The average molecular weight is 358 g/mol. The van der Waals surface area contributed by atoms with Crippen LogP contribution < -0.4 is 16.6 Å². The normalized spacial score (nSPS) is 10.9. The molecule has 2 aromatic heterocycles. The number of nitrogens with zero attached hydrogens (tertiary/aromatic N) is 2. The molecule has 0 saturated heterocycles. The molecule has 0 aliphatic heterocycles. The van der Waals surface area contributed by atoms with Crippen molar-refractivity contribution in [3.63, 3.8) is 0 Å². The molecule has 0 atom stereocenters. The van der Waals surface area contributed by atoms with Gasteiger partial charge in [-0.05, 0) is 34.5 Å². The molecule has 2 heterocycles. The van der Waals surface area contributed by atoms with Gasteiger partial charge in [0, 0.05) is 43.8 Å². The first-order valence-electron chi connectivity index (χ1n) is 6.19. The molecule has 5 nitrogen and oxygen atoms in total. The van der Waals surface area contributed by atoms with Gasteiger partial charge in [-0.25, -0.2) is 4.79 Å². The van der Waals surface area contributed by atoms with E-state index < -0.39 is 0 Å². The standard InChI is InChI=1S/C13H16BrN3O2S/c1-16-8-9(12(18)17(2)13(16)19)7-15-6-5-10-3-4-11(14)20-10/h3-4,8,15H,5-7H2,1-2H3. The van der Waals surface area contributed by atoms with Gasteiger partial charge in [-0.3, -0.25) is 9.36 Å². The van der Waals surface area contributed by atoms with Gasteiger partial charge in [0.1, 0.15) is 0 Å². The van der Waals surface area contributed by atoms with E-state index in [1.54, 1.807) is 24.6 Å². The van der Waals surface area contributed by atoms with Gasteiger partial charge in [0.15, 0.2) is 0 Å². The van der Waals surface area contributed by atoms with E-state index in [0.29, 0.717) is 12.1 Å². The highest BCUT2D eigenvalue weighted by Crippen LogP contribution is 2.21. The maximum atomic E-state index is 11.9. The minimum Gasteiger partial charge on any atom is -0.312 e. The first-order valence-corrected chi connectivity index (χ1v) is 7.80. The summed E-state index contributed by atoms with van der Waals surface area (Å²) in [7, 11) is 3.14. The van der Waals surface area contributed by atoms with Gasteiger partial charge in [-0.1, -0.05) is 0 Å². The summed E-state index contributed by atoms with van der Waals surface area (Å²) in [6.07, 6.45) is 2.52. The highest BCUT2D eigenvalue weighted by atomic mass is 79.9. The molecule has 20 heavy (non-hydrogen) atoms. The number of halogens is 1. The Kier molecular flexibility index (Phi) is 4.95. The zero-order chi connectivity index (χ0) is 14.7. The second-order valence-electron chi connectivity index (χ2n) is 4.54. The number of hydrogen-bond acceptors (Lipinski definition) is 4. The first kappa shape index (κ1) is 15.2. The Morgan fingerprint density at radius 3 is 2.70 bits per heavy atom. The predicted molar refractivity (Wildman–Crippen MR) is 84.4 cm³/mol. The molecule has 0 aliphatic rings. The van der Waals surface area contributed by atoms with Crippen LogP contribution in [0.1, 0.15) is 10.4 Å². The number of aryl methyl sites for hydroxylation is 1. The summed E-state index contributed by atoms with van der Waals surface area (Å²) in [5, 5.41) is 3.24. The summed E-state index contributed by atoms with van der Waals surface area (Å²) in [5.41, 5.74) is 0.0589.